The molecule has 2 rings (SSSR count). The summed E-state index contributed by atoms with van der Waals surface area (Å²) >= 11 is 0. The summed E-state index contributed by atoms with van der Waals surface area (Å²) in [7, 11) is 0. The highest BCUT2D eigenvalue weighted by Crippen LogP contribution is 2.54. The van der Waals surface area contributed by atoms with Crippen molar-refractivity contribution in [3.05, 3.63) is 0 Å². The molecule has 14 heavy (non-hydrogen) atoms. The van der Waals surface area contributed by atoms with Crippen LogP contribution in [0.15, 0.2) is 0 Å². The van der Waals surface area contributed by atoms with Crippen LogP contribution in [0, 0.1) is 11.3 Å². The maximum atomic E-state index is 12.1. The van der Waals surface area contributed by atoms with Crippen molar-refractivity contribution in [1.82, 2.24) is 5.32 Å². The molecule has 1 aliphatic carbocycles. The van der Waals surface area contributed by atoms with E-state index < -0.39 is 13.3 Å². The molecule has 0 aromatic carbocycles. The molecule has 5 heteroatoms. The van der Waals surface area contributed by atoms with Gasteiger partial charge >= 0.3 is 6.98 Å². The molecule has 0 atom stereocenters. The van der Waals surface area contributed by atoms with Gasteiger partial charge in [-0.05, 0) is 44.2 Å². The molecule has 2 aliphatic rings. The van der Waals surface area contributed by atoms with Gasteiger partial charge < -0.3 is 18.3 Å². The topological polar surface area (TPSA) is 12.0 Å². The molecule has 0 aromatic heterocycles. The highest BCUT2D eigenvalue weighted by Gasteiger charge is 2.46. The summed E-state index contributed by atoms with van der Waals surface area (Å²) in [6, 6.07) is 0. The molecular weight excluding hydrogens is 190 g/mol. The minimum atomic E-state index is -4.56. The smallest absolute Gasteiger partial charge is 0.449 e. The third-order valence-corrected chi connectivity index (χ3v) is 3.71. The van der Waals surface area contributed by atoms with Gasteiger partial charge in [0.2, 0.25) is 0 Å². The molecule has 0 radical (unpaired) electrons. The number of hydrogen-bond donors (Lipinski definition) is 1. The third-order valence-electron chi connectivity index (χ3n) is 3.71. The Balaban J connectivity index is 1.78. The molecule has 1 aliphatic heterocycles. The molecule has 0 amide bonds. The molecule has 2 fully saturated rings. The van der Waals surface area contributed by atoms with E-state index >= 15 is 0 Å². The van der Waals surface area contributed by atoms with Crippen LogP contribution in [0.2, 0.25) is 6.32 Å². The summed E-state index contributed by atoms with van der Waals surface area (Å²) < 4.78 is 36.4. The Morgan fingerprint density at radius 3 is 2.21 bits per heavy atom. The lowest BCUT2D eigenvalue weighted by molar-refractivity contribution is 0.0279. The zero-order valence-electron chi connectivity index (χ0n) is 8.24. The first-order chi connectivity index (χ1) is 6.49. The van der Waals surface area contributed by atoms with Crippen molar-refractivity contribution in [2.24, 2.45) is 11.3 Å². The number of rotatable bonds is 2. The standard InChI is InChI=1S/C9H16BF3N/c11-10(12,13)7-8-5-9(6-8)1-3-14-4-2-9/h8,14H,1-7H2/q-1. The van der Waals surface area contributed by atoms with Gasteiger partial charge in [-0.3, -0.25) is 0 Å². The summed E-state index contributed by atoms with van der Waals surface area (Å²) in [5, 5.41) is 3.25. The van der Waals surface area contributed by atoms with Crippen molar-refractivity contribution < 1.29 is 12.9 Å². The van der Waals surface area contributed by atoms with Gasteiger partial charge in [-0.15, -0.1) is 0 Å². The normalized spacial score (nSPS) is 27.6. The van der Waals surface area contributed by atoms with Crippen molar-refractivity contribution >= 4 is 6.98 Å². The minimum Gasteiger partial charge on any atom is -0.449 e. The molecule has 1 N–H and O–H groups in total. The average Bonchev–Trinajstić information content (AvgIpc) is 2.00. The van der Waals surface area contributed by atoms with Crippen LogP contribution in [0.1, 0.15) is 25.7 Å². The summed E-state index contributed by atoms with van der Waals surface area (Å²) in [4.78, 5) is 0. The largest absolute Gasteiger partial charge is 0.478 e. The molecule has 1 spiro atoms. The van der Waals surface area contributed by atoms with Crippen LogP contribution < -0.4 is 5.32 Å². The maximum absolute atomic E-state index is 12.1. The monoisotopic (exact) mass is 206 g/mol. The van der Waals surface area contributed by atoms with Gasteiger partial charge in [0.15, 0.2) is 0 Å². The van der Waals surface area contributed by atoms with Crippen LogP contribution in [0.4, 0.5) is 12.9 Å². The second kappa shape index (κ2) is 3.44. The summed E-state index contributed by atoms with van der Waals surface area (Å²) in [5.74, 6) is -0.0619. The van der Waals surface area contributed by atoms with Crippen molar-refractivity contribution in [2.45, 2.75) is 32.0 Å². The van der Waals surface area contributed by atoms with Crippen LogP contribution in [0.3, 0.4) is 0 Å². The van der Waals surface area contributed by atoms with Crippen LogP contribution in [0.25, 0.3) is 0 Å². The molecule has 0 aromatic rings. The van der Waals surface area contributed by atoms with Gasteiger partial charge in [-0.1, -0.05) is 12.2 Å². The Morgan fingerprint density at radius 1 is 1.14 bits per heavy atom. The van der Waals surface area contributed by atoms with Gasteiger partial charge in [0.25, 0.3) is 0 Å². The molecule has 1 saturated carbocycles. The zero-order valence-corrected chi connectivity index (χ0v) is 8.24. The first-order valence-electron chi connectivity index (χ1n) is 5.41. The molecule has 1 saturated heterocycles. The van der Waals surface area contributed by atoms with Crippen molar-refractivity contribution in [3.63, 3.8) is 0 Å². The lowest BCUT2D eigenvalue weighted by Crippen LogP contribution is -2.46. The number of hydrogen-bond acceptors (Lipinski definition) is 1. The fraction of sp³-hybridized carbons (Fsp3) is 1.00. The van der Waals surface area contributed by atoms with Crippen LogP contribution in [-0.2, 0) is 0 Å². The minimum absolute atomic E-state index is 0.0619. The number of halogens is 3. The van der Waals surface area contributed by atoms with E-state index in [4.69, 9.17) is 0 Å². The molecule has 1 nitrogen and oxygen atoms in total. The van der Waals surface area contributed by atoms with Gasteiger partial charge in [0.1, 0.15) is 0 Å². The Kier molecular flexibility index (Phi) is 2.54. The van der Waals surface area contributed by atoms with Gasteiger partial charge in [0, 0.05) is 0 Å². The maximum Gasteiger partial charge on any atom is 0.478 e. The molecular formula is C9H16BF3N-. The molecule has 0 bridgehead atoms. The highest BCUT2D eigenvalue weighted by atomic mass is 19.4. The first-order valence-corrected chi connectivity index (χ1v) is 5.41. The SMILES string of the molecule is F[B-](F)(F)CC1CC2(CCNCC2)C1. The number of piperidine rings is 1. The highest BCUT2D eigenvalue weighted by molar-refractivity contribution is 6.58. The molecule has 82 valence electrons. The third kappa shape index (κ3) is 2.24. The predicted octanol–water partition coefficient (Wildman–Crippen LogP) is 2.61. The lowest BCUT2D eigenvalue weighted by Gasteiger charge is -2.52. The van der Waals surface area contributed by atoms with Crippen molar-refractivity contribution in [3.8, 4) is 0 Å². The summed E-state index contributed by atoms with van der Waals surface area (Å²) in [6.45, 7) is -2.58. The fourth-order valence-corrected chi connectivity index (χ4v) is 3.07. The van der Waals surface area contributed by atoms with E-state index in [1.165, 1.54) is 0 Å². The lowest BCUT2D eigenvalue weighted by atomic mass is 9.53. The number of nitrogens with one attached hydrogen (secondary N) is 1. The van der Waals surface area contributed by atoms with Crippen LogP contribution >= 0.6 is 0 Å². The van der Waals surface area contributed by atoms with E-state index in [9.17, 15) is 12.9 Å². The van der Waals surface area contributed by atoms with E-state index in [-0.39, 0.29) is 11.3 Å². The van der Waals surface area contributed by atoms with E-state index in [1.807, 2.05) is 0 Å². The van der Waals surface area contributed by atoms with E-state index in [2.05, 4.69) is 5.32 Å². The first kappa shape index (κ1) is 10.3. The van der Waals surface area contributed by atoms with Gasteiger partial charge in [0.05, 0.1) is 0 Å². The molecule has 0 unspecified atom stereocenters. The van der Waals surface area contributed by atoms with Gasteiger partial charge in [-0.25, -0.2) is 0 Å². The Bertz CT molecular complexity index is 203. The van der Waals surface area contributed by atoms with Crippen molar-refractivity contribution in [1.29, 1.82) is 0 Å². The van der Waals surface area contributed by atoms with Crippen LogP contribution in [0.5, 0.6) is 0 Å². The fourth-order valence-electron chi connectivity index (χ4n) is 3.07. The second-order valence-electron chi connectivity index (χ2n) is 4.97. The van der Waals surface area contributed by atoms with E-state index in [1.54, 1.807) is 0 Å². The second-order valence-corrected chi connectivity index (χ2v) is 4.97. The summed E-state index contributed by atoms with van der Waals surface area (Å²) in [5.41, 5.74) is 0.289. The predicted molar refractivity (Wildman–Crippen MR) is 51.1 cm³/mol. The molecule has 1 heterocycles. The van der Waals surface area contributed by atoms with Crippen molar-refractivity contribution in [2.75, 3.05) is 13.1 Å². The van der Waals surface area contributed by atoms with Gasteiger partial charge in [-0.2, -0.15) is 0 Å². The zero-order chi connectivity index (χ0) is 10.2. The average molecular weight is 206 g/mol. The van der Waals surface area contributed by atoms with E-state index in [0.717, 1.165) is 38.8 Å². The Hall–Kier alpha value is -0.185. The Labute approximate surface area is 82.5 Å². The summed E-state index contributed by atoms with van der Waals surface area (Å²) in [6.07, 6.45) is 3.28. The van der Waals surface area contributed by atoms with E-state index in [0.29, 0.717) is 0 Å². The quantitative estimate of drug-likeness (QED) is 0.684. The van der Waals surface area contributed by atoms with Crippen LogP contribution in [-0.4, -0.2) is 20.1 Å². The Morgan fingerprint density at radius 2 is 1.71 bits per heavy atom.